The molecule has 1 aromatic carbocycles. The zero-order chi connectivity index (χ0) is 13.7. The van der Waals surface area contributed by atoms with Crippen LogP contribution in [0.2, 0.25) is 0 Å². The van der Waals surface area contributed by atoms with Crippen LogP contribution in [0.5, 0.6) is 0 Å². The Morgan fingerprint density at radius 3 is 2.50 bits per heavy atom. The van der Waals surface area contributed by atoms with E-state index < -0.39 is 23.5 Å². The lowest BCUT2D eigenvalue weighted by atomic mass is 10.2. The molecule has 0 N–H and O–H groups in total. The van der Waals surface area contributed by atoms with Crippen LogP contribution in [0.1, 0.15) is 17.3 Å². The van der Waals surface area contributed by atoms with E-state index in [9.17, 15) is 18.4 Å². The van der Waals surface area contributed by atoms with Gasteiger partial charge in [0.15, 0.2) is 0 Å². The highest BCUT2D eigenvalue weighted by Gasteiger charge is 2.20. The molecule has 1 amide bonds. The van der Waals surface area contributed by atoms with Crippen LogP contribution in [0.4, 0.5) is 8.78 Å². The fraction of sp³-hybridized carbons (Fsp3) is 0.333. The van der Waals surface area contributed by atoms with E-state index in [1.54, 1.807) is 6.92 Å². The van der Waals surface area contributed by atoms with E-state index in [4.69, 9.17) is 0 Å². The van der Waals surface area contributed by atoms with Crippen molar-refractivity contribution in [2.45, 2.75) is 6.92 Å². The first-order valence-electron chi connectivity index (χ1n) is 5.30. The molecule has 6 heteroatoms. The quantitative estimate of drug-likeness (QED) is 0.770. The van der Waals surface area contributed by atoms with Crippen LogP contribution in [0.15, 0.2) is 18.2 Å². The molecule has 0 aromatic heterocycles. The minimum atomic E-state index is -0.955. The van der Waals surface area contributed by atoms with E-state index in [0.29, 0.717) is 6.07 Å². The highest BCUT2D eigenvalue weighted by molar-refractivity contribution is 5.96. The fourth-order valence-corrected chi connectivity index (χ4v) is 1.38. The van der Waals surface area contributed by atoms with Gasteiger partial charge >= 0.3 is 5.97 Å². The predicted octanol–water partition coefficient (Wildman–Crippen LogP) is 1.60. The second kappa shape index (κ2) is 6.09. The van der Waals surface area contributed by atoms with Crippen molar-refractivity contribution in [2.24, 2.45) is 0 Å². The van der Waals surface area contributed by atoms with Crippen molar-refractivity contribution in [1.82, 2.24) is 4.90 Å². The molecule has 98 valence electrons. The Balaban J connectivity index is 2.93. The molecule has 0 aliphatic carbocycles. The summed E-state index contributed by atoms with van der Waals surface area (Å²) in [6, 6.07) is 2.66. The molecular weight excluding hydrogens is 244 g/mol. The van der Waals surface area contributed by atoms with E-state index in [1.165, 1.54) is 7.11 Å². The Hall–Kier alpha value is -1.98. The first kappa shape index (κ1) is 14.1. The first-order chi connectivity index (χ1) is 8.49. The van der Waals surface area contributed by atoms with Gasteiger partial charge in [-0.15, -0.1) is 0 Å². The molecule has 0 saturated carbocycles. The van der Waals surface area contributed by atoms with E-state index in [-0.39, 0.29) is 18.7 Å². The van der Waals surface area contributed by atoms with Gasteiger partial charge in [-0.3, -0.25) is 9.59 Å². The summed E-state index contributed by atoms with van der Waals surface area (Å²) in [5, 5.41) is 0. The van der Waals surface area contributed by atoms with Crippen LogP contribution < -0.4 is 0 Å². The van der Waals surface area contributed by atoms with Gasteiger partial charge in [0, 0.05) is 12.6 Å². The van der Waals surface area contributed by atoms with Gasteiger partial charge in [0.05, 0.1) is 12.7 Å². The van der Waals surface area contributed by atoms with E-state index in [1.807, 2.05) is 0 Å². The van der Waals surface area contributed by atoms with Gasteiger partial charge in [0.1, 0.15) is 18.2 Å². The first-order valence-corrected chi connectivity index (χ1v) is 5.30. The summed E-state index contributed by atoms with van der Waals surface area (Å²) < 4.78 is 30.6. The third kappa shape index (κ3) is 3.26. The lowest BCUT2D eigenvalue weighted by Crippen LogP contribution is -2.36. The molecule has 0 unspecified atom stereocenters. The normalized spacial score (nSPS) is 10.0. The Morgan fingerprint density at radius 1 is 1.33 bits per heavy atom. The summed E-state index contributed by atoms with van der Waals surface area (Å²) in [6.45, 7) is 1.58. The molecule has 18 heavy (non-hydrogen) atoms. The fourth-order valence-electron chi connectivity index (χ4n) is 1.38. The second-order valence-electron chi connectivity index (χ2n) is 3.52. The lowest BCUT2D eigenvalue weighted by Gasteiger charge is -2.19. The van der Waals surface area contributed by atoms with E-state index in [2.05, 4.69) is 4.74 Å². The number of rotatable bonds is 4. The maximum Gasteiger partial charge on any atom is 0.325 e. The largest absolute Gasteiger partial charge is 0.468 e. The van der Waals surface area contributed by atoms with Gasteiger partial charge in [-0.25, -0.2) is 8.78 Å². The highest BCUT2D eigenvalue weighted by atomic mass is 19.1. The third-order valence-electron chi connectivity index (χ3n) is 2.38. The molecule has 0 atom stereocenters. The van der Waals surface area contributed by atoms with Gasteiger partial charge in [0.2, 0.25) is 0 Å². The predicted molar refractivity (Wildman–Crippen MR) is 60.0 cm³/mol. The molecule has 4 nitrogen and oxygen atoms in total. The van der Waals surface area contributed by atoms with Gasteiger partial charge in [-0.2, -0.15) is 0 Å². The van der Waals surface area contributed by atoms with Crippen LogP contribution in [0.3, 0.4) is 0 Å². The number of hydrogen-bond donors (Lipinski definition) is 0. The number of carbonyl (C=O) groups excluding carboxylic acids is 2. The Morgan fingerprint density at radius 2 is 2.00 bits per heavy atom. The Bertz CT molecular complexity index is 463. The summed E-state index contributed by atoms with van der Waals surface area (Å²) in [4.78, 5) is 24.1. The number of likely N-dealkylation sites (N-methyl/N-ethyl adjacent to an activating group) is 1. The van der Waals surface area contributed by atoms with Crippen LogP contribution in [0, 0.1) is 11.6 Å². The molecule has 0 heterocycles. The minimum Gasteiger partial charge on any atom is -0.468 e. The molecule has 0 radical (unpaired) electrons. The zero-order valence-electron chi connectivity index (χ0n) is 10.1. The number of esters is 1. The standard InChI is InChI=1S/C12H13F2NO3/c1-3-15(7-11(16)18-2)12(17)9-5-4-8(13)6-10(9)14/h4-6H,3,7H2,1-2H3. The van der Waals surface area contributed by atoms with Crippen molar-refractivity contribution in [3.8, 4) is 0 Å². The number of benzene rings is 1. The molecule has 0 fully saturated rings. The molecule has 0 aliphatic rings. The van der Waals surface area contributed by atoms with Gasteiger partial charge < -0.3 is 9.64 Å². The minimum absolute atomic E-state index is 0.213. The summed E-state index contributed by atoms with van der Waals surface area (Å²) in [6.07, 6.45) is 0. The van der Waals surface area contributed by atoms with Crippen LogP contribution in [-0.2, 0) is 9.53 Å². The molecule has 1 rings (SSSR count). The number of methoxy groups -OCH3 is 1. The third-order valence-corrected chi connectivity index (χ3v) is 2.38. The number of amides is 1. The summed E-state index contributed by atoms with van der Waals surface area (Å²) in [5.74, 6) is -3.00. The number of carbonyl (C=O) groups is 2. The molecule has 0 spiro atoms. The molecular formula is C12H13F2NO3. The number of ether oxygens (including phenoxy) is 1. The smallest absolute Gasteiger partial charge is 0.325 e. The van der Waals surface area contributed by atoms with Crippen molar-refractivity contribution >= 4 is 11.9 Å². The van der Waals surface area contributed by atoms with Crippen molar-refractivity contribution in [1.29, 1.82) is 0 Å². The maximum absolute atomic E-state index is 13.4. The average molecular weight is 257 g/mol. The van der Waals surface area contributed by atoms with E-state index in [0.717, 1.165) is 17.0 Å². The summed E-state index contributed by atoms with van der Waals surface area (Å²) in [5.41, 5.74) is -0.276. The van der Waals surface area contributed by atoms with Crippen molar-refractivity contribution < 1.29 is 23.1 Å². The molecule has 0 bridgehead atoms. The van der Waals surface area contributed by atoms with Crippen LogP contribution >= 0.6 is 0 Å². The molecule has 1 aromatic rings. The highest BCUT2D eigenvalue weighted by Crippen LogP contribution is 2.12. The summed E-state index contributed by atoms with van der Waals surface area (Å²) >= 11 is 0. The van der Waals surface area contributed by atoms with Gasteiger partial charge in [-0.1, -0.05) is 0 Å². The number of nitrogens with zero attached hydrogens (tertiary/aromatic N) is 1. The van der Waals surface area contributed by atoms with E-state index >= 15 is 0 Å². The lowest BCUT2D eigenvalue weighted by molar-refractivity contribution is -0.141. The number of halogens is 2. The topological polar surface area (TPSA) is 46.6 Å². The maximum atomic E-state index is 13.4. The van der Waals surface area contributed by atoms with Crippen LogP contribution in [-0.4, -0.2) is 37.0 Å². The van der Waals surface area contributed by atoms with Crippen LogP contribution in [0.25, 0.3) is 0 Å². The second-order valence-corrected chi connectivity index (χ2v) is 3.52. The molecule has 0 aliphatic heterocycles. The Labute approximate surface area is 103 Å². The Kier molecular flexibility index (Phi) is 4.76. The average Bonchev–Trinajstić information content (AvgIpc) is 2.34. The molecule has 0 saturated heterocycles. The van der Waals surface area contributed by atoms with Gasteiger partial charge in [-0.05, 0) is 19.1 Å². The SMILES string of the molecule is CCN(CC(=O)OC)C(=O)c1ccc(F)cc1F. The zero-order valence-corrected chi connectivity index (χ0v) is 10.1. The van der Waals surface area contributed by atoms with Gasteiger partial charge in [0.25, 0.3) is 5.91 Å². The monoisotopic (exact) mass is 257 g/mol. The van der Waals surface area contributed by atoms with Crippen molar-refractivity contribution in [2.75, 3.05) is 20.2 Å². The summed E-state index contributed by atoms with van der Waals surface area (Å²) in [7, 11) is 1.19. The van der Waals surface area contributed by atoms with Crippen molar-refractivity contribution in [3.63, 3.8) is 0 Å². The van der Waals surface area contributed by atoms with Crippen molar-refractivity contribution in [3.05, 3.63) is 35.4 Å². The number of hydrogen-bond acceptors (Lipinski definition) is 3.